The Kier molecular flexibility index (Phi) is 8.26. The molecule has 0 saturated heterocycles. The molecule has 2 N–H and O–H groups in total. The second-order valence-electron chi connectivity index (χ2n) is 7.57. The molecule has 0 bridgehead atoms. The molecule has 3 aromatic rings. The maximum Gasteiger partial charge on any atom is 0.267 e. The summed E-state index contributed by atoms with van der Waals surface area (Å²) in [5.41, 5.74) is 1.73. The number of aryl methyl sites for hydroxylation is 1. The second kappa shape index (κ2) is 11.6. The van der Waals surface area contributed by atoms with Crippen molar-refractivity contribution in [3.05, 3.63) is 95.6 Å². The highest BCUT2D eigenvalue weighted by molar-refractivity contribution is 6.05. The zero-order valence-corrected chi connectivity index (χ0v) is 18.3. The van der Waals surface area contributed by atoms with Crippen molar-refractivity contribution < 1.29 is 18.7 Å². The predicted octanol–water partition coefficient (Wildman–Crippen LogP) is 4.59. The lowest BCUT2D eigenvalue weighted by Crippen LogP contribution is -2.35. The van der Waals surface area contributed by atoms with Gasteiger partial charge in [0.15, 0.2) is 0 Å². The zero-order valence-electron chi connectivity index (χ0n) is 18.3. The van der Waals surface area contributed by atoms with Gasteiger partial charge in [-0.25, -0.2) is 0 Å². The first kappa shape index (κ1) is 22.9. The Balaban J connectivity index is 1.58. The predicted molar refractivity (Wildman–Crippen MR) is 124 cm³/mol. The van der Waals surface area contributed by atoms with Crippen molar-refractivity contribution in [3.8, 4) is 5.75 Å². The number of nitrogens with one attached hydrogen (secondary N) is 2. The molecule has 0 atom stereocenters. The summed E-state index contributed by atoms with van der Waals surface area (Å²) in [4.78, 5) is 25.3. The molecular weight excluding hydrogens is 404 g/mol. The van der Waals surface area contributed by atoms with Gasteiger partial charge in [0, 0.05) is 18.2 Å². The lowest BCUT2D eigenvalue weighted by atomic mass is 10.1. The van der Waals surface area contributed by atoms with Crippen LogP contribution in [0.4, 0.5) is 0 Å². The van der Waals surface area contributed by atoms with Gasteiger partial charge in [-0.2, -0.15) is 0 Å². The van der Waals surface area contributed by atoms with Crippen molar-refractivity contribution in [2.24, 2.45) is 0 Å². The number of furan rings is 1. The van der Waals surface area contributed by atoms with Crippen molar-refractivity contribution in [2.75, 3.05) is 6.54 Å². The number of ether oxygens (including phenoxy) is 1. The smallest absolute Gasteiger partial charge is 0.267 e. The molecule has 0 unspecified atom stereocenters. The van der Waals surface area contributed by atoms with Crippen LogP contribution in [-0.4, -0.2) is 24.5 Å². The first-order chi connectivity index (χ1) is 15.5. The van der Waals surface area contributed by atoms with E-state index in [-0.39, 0.29) is 23.6 Å². The number of benzene rings is 2. The summed E-state index contributed by atoms with van der Waals surface area (Å²) in [5, 5.41) is 5.56. The minimum absolute atomic E-state index is 0.120. The SMILES string of the molecule is CC(C)Oc1cccc(CCCNC(=O)/C(=C/c2ccco2)NC(=O)c2ccccc2)c1. The van der Waals surface area contributed by atoms with Gasteiger partial charge in [-0.1, -0.05) is 30.3 Å². The molecule has 2 amide bonds. The number of hydrogen-bond acceptors (Lipinski definition) is 4. The van der Waals surface area contributed by atoms with Crippen LogP contribution in [0.5, 0.6) is 5.75 Å². The summed E-state index contributed by atoms with van der Waals surface area (Å²) in [6, 6.07) is 20.1. The van der Waals surface area contributed by atoms with Crippen LogP contribution in [0.1, 0.15) is 41.9 Å². The van der Waals surface area contributed by atoms with E-state index < -0.39 is 0 Å². The van der Waals surface area contributed by atoms with E-state index in [4.69, 9.17) is 9.15 Å². The van der Waals surface area contributed by atoms with Gasteiger partial charge in [-0.3, -0.25) is 9.59 Å². The largest absolute Gasteiger partial charge is 0.491 e. The summed E-state index contributed by atoms with van der Waals surface area (Å²) in [5.74, 6) is 0.586. The zero-order chi connectivity index (χ0) is 22.8. The highest BCUT2D eigenvalue weighted by atomic mass is 16.5. The number of carbonyl (C=O) groups excluding carboxylic acids is 2. The van der Waals surface area contributed by atoms with Crippen LogP contribution in [-0.2, 0) is 11.2 Å². The normalized spacial score (nSPS) is 11.3. The molecule has 6 nitrogen and oxygen atoms in total. The Hall–Kier alpha value is -3.80. The van der Waals surface area contributed by atoms with E-state index in [2.05, 4.69) is 10.6 Å². The van der Waals surface area contributed by atoms with Gasteiger partial charge in [0.2, 0.25) is 0 Å². The van der Waals surface area contributed by atoms with Crippen LogP contribution in [0.2, 0.25) is 0 Å². The van der Waals surface area contributed by atoms with Crippen molar-refractivity contribution in [2.45, 2.75) is 32.8 Å². The molecule has 0 aliphatic rings. The van der Waals surface area contributed by atoms with Crippen LogP contribution in [0.25, 0.3) is 6.08 Å². The Morgan fingerprint density at radius 1 is 1.03 bits per heavy atom. The standard InChI is InChI=1S/C26H28N2O4/c1-19(2)32-23-13-6-9-20(17-23)10-7-15-27-26(30)24(18-22-14-8-16-31-22)28-25(29)21-11-4-3-5-12-21/h3-6,8-9,11-14,16-19H,7,10,15H2,1-2H3,(H,27,30)(H,28,29)/b24-18-. The van der Waals surface area contributed by atoms with E-state index in [9.17, 15) is 9.59 Å². The van der Waals surface area contributed by atoms with Crippen molar-refractivity contribution in [1.82, 2.24) is 10.6 Å². The Bertz CT molecular complexity index is 1040. The molecule has 6 heteroatoms. The Morgan fingerprint density at radius 3 is 2.56 bits per heavy atom. The summed E-state index contributed by atoms with van der Waals surface area (Å²) in [6.45, 7) is 4.45. The Labute approximate surface area is 188 Å². The van der Waals surface area contributed by atoms with E-state index in [1.165, 1.54) is 12.3 Å². The van der Waals surface area contributed by atoms with Crippen LogP contribution >= 0.6 is 0 Å². The average Bonchev–Trinajstić information content (AvgIpc) is 3.30. The van der Waals surface area contributed by atoms with Gasteiger partial charge >= 0.3 is 0 Å². The summed E-state index contributed by atoms with van der Waals surface area (Å²) < 4.78 is 11.0. The molecule has 3 rings (SSSR count). The van der Waals surface area contributed by atoms with Crippen LogP contribution in [0, 0.1) is 0 Å². The summed E-state index contributed by atoms with van der Waals surface area (Å²) in [7, 11) is 0. The molecule has 0 aliphatic heterocycles. The van der Waals surface area contributed by atoms with Crippen molar-refractivity contribution in [3.63, 3.8) is 0 Å². The second-order valence-corrected chi connectivity index (χ2v) is 7.57. The number of rotatable bonds is 10. The molecule has 0 aliphatic carbocycles. The highest BCUT2D eigenvalue weighted by Gasteiger charge is 2.15. The molecule has 0 fully saturated rings. The van der Waals surface area contributed by atoms with Crippen LogP contribution in [0.15, 0.2) is 83.1 Å². The highest BCUT2D eigenvalue weighted by Crippen LogP contribution is 2.16. The van der Waals surface area contributed by atoms with E-state index in [0.717, 1.165) is 24.2 Å². The van der Waals surface area contributed by atoms with E-state index in [1.807, 2.05) is 44.2 Å². The lowest BCUT2D eigenvalue weighted by molar-refractivity contribution is -0.117. The van der Waals surface area contributed by atoms with Crippen LogP contribution in [0.3, 0.4) is 0 Å². The van der Waals surface area contributed by atoms with E-state index in [1.54, 1.807) is 36.4 Å². The molecule has 1 heterocycles. The number of carbonyl (C=O) groups is 2. The fourth-order valence-corrected chi connectivity index (χ4v) is 3.09. The fraction of sp³-hybridized carbons (Fsp3) is 0.231. The first-order valence-electron chi connectivity index (χ1n) is 10.7. The third-order valence-corrected chi connectivity index (χ3v) is 4.56. The van der Waals surface area contributed by atoms with Gasteiger partial charge in [-0.05, 0) is 68.7 Å². The Morgan fingerprint density at radius 2 is 1.84 bits per heavy atom. The monoisotopic (exact) mass is 432 g/mol. The quantitative estimate of drug-likeness (QED) is 0.363. The third-order valence-electron chi connectivity index (χ3n) is 4.56. The molecule has 0 saturated carbocycles. The number of hydrogen-bond donors (Lipinski definition) is 2. The van der Waals surface area contributed by atoms with Gasteiger partial charge in [-0.15, -0.1) is 0 Å². The lowest BCUT2D eigenvalue weighted by Gasteiger charge is -2.12. The van der Waals surface area contributed by atoms with Gasteiger partial charge in [0.1, 0.15) is 17.2 Å². The fourth-order valence-electron chi connectivity index (χ4n) is 3.09. The molecule has 2 aromatic carbocycles. The maximum absolute atomic E-state index is 12.8. The van der Waals surface area contributed by atoms with Crippen molar-refractivity contribution in [1.29, 1.82) is 0 Å². The van der Waals surface area contributed by atoms with Crippen LogP contribution < -0.4 is 15.4 Å². The average molecular weight is 433 g/mol. The summed E-state index contributed by atoms with van der Waals surface area (Å²) >= 11 is 0. The third kappa shape index (κ3) is 7.16. The molecule has 0 radical (unpaired) electrons. The minimum atomic E-state index is -0.373. The molecule has 166 valence electrons. The van der Waals surface area contributed by atoms with Gasteiger partial charge in [0.25, 0.3) is 11.8 Å². The topological polar surface area (TPSA) is 80.6 Å². The van der Waals surface area contributed by atoms with Gasteiger partial charge < -0.3 is 19.8 Å². The van der Waals surface area contributed by atoms with E-state index in [0.29, 0.717) is 17.9 Å². The maximum atomic E-state index is 12.8. The minimum Gasteiger partial charge on any atom is -0.491 e. The first-order valence-corrected chi connectivity index (χ1v) is 10.7. The van der Waals surface area contributed by atoms with Gasteiger partial charge in [0.05, 0.1) is 12.4 Å². The van der Waals surface area contributed by atoms with Crippen molar-refractivity contribution >= 4 is 17.9 Å². The van der Waals surface area contributed by atoms with E-state index >= 15 is 0 Å². The molecule has 1 aromatic heterocycles. The molecule has 32 heavy (non-hydrogen) atoms. The number of amides is 2. The summed E-state index contributed by atoms with van der Waals surface area (Å²) in [6.07, 6.45) is 4.69. The molecule has 0 spiro atoms. The molecular formula is C26H28N2O4.